The summed E-state index contributed by atoms with van der Waals surface area (Å²) in [6.07, 6.45) is -4.31. The van der Waals surface area contributed by atoms with Crippen LogP contribution < -0.4 is 5.32 Å². The van der Waals surface area contributed by atoms with Gasteiger partial charge in [0.05, 0.1) is 20.8 Å². The summed E-state index contributed by atoms with van der Waals surface area (Å²) in [4.78, 5) is 4.40. The molecule has 19 heavy (non-hydrogen) atoms. The van der Waals surface area contributed by atoms with Gasteiger partial charge in [0.25, 0.3) is 0 Å². The Morgan fingerprint density at radius 1 is 1.32 bits per heavy atom. The van der Waals surface area contributed by atoms with Gasteiger partial charge >= 0.3 is 6.18 Å². The van der Waals surface area contributed by atoms with Crippen LogP contribution in [0.15, 0.2) is 18.2 Å². The van der Waals surface area contributed by atoms with Crippen molar-refractivity contribution in [3.05, 3.63) is 28.8 Å². The minimum Gasteiger partial charge on any atom is -0.316 e. The zero-order chi connectivity index (χ0) is 13.6. The van der Waals surface area contributed by atoms with E-state index in [-0.39, 0.29) is 0 Å². The number of aromatic nitrogens is 1. The Kier molecular flexibility index (Phi) is 3.02. The van der Waals surface area contributed by atoms with Gasteiger partial charge in [0, 0.05) is 12.5 Å². The van der Waals surface area contributed by atoms with Gasteiger partial charge in [-0.3, -0.25) is 0 Å². The number of halogens is 3. The standard InChI is InChI=1S/C13H13F3N2S/c1-7-5-17-6-9(7)12-18-10-4-8(13(14,15)16)2-3-11(10)19-12/h2-4,7,9,17H,5-6H2,1H3. The van der Waals surface area contributed by atoms with E-state index in [0.29, 0.717) is 17.4 Å². The molecule has 1 saturated heterocycles. The number of thiazole rings is 1. The summed E-state index contributed by atoms with van der Waals surface area (Å²) in [5.74, 6) is 0.786. The van der Waals surface area contributed by atoms with Crippen LogP contribution >= 0.6 is 11.3 Å². The minimum absolute atomic E-state index is 0.312. The molecule has 2 aromatic rings. The lowest BCUT2D eigenvalue weighted by atomic mass is 9.99. The zero-order valence-electron chi connectivity index (χ0n) is 10.3. The Bertz CT molecular complexity index is 605. The second kappa shape index (κ2) is 4.45. The number of hydrogen-bond acceptors (Lipinski definition) is 3. The topological polar surface area (TPSA) is 24.9 Å². The van der Waals surface area contributed by atoms with Gasteiger partial charge in [-0.1, -0.05) is 6.92 Å². The number of fused-ring (bicyclic) bond motifs is 1. The van der Waals surface area contributed by atoms with Crippen LogP contribution in [0.5, 0.6) is 0 Å². The SMILES string of the molecule is CC1CNCC1c1nc2cc(C(F)(F)F)ccc2s1. The summed E-state index contributed by atoms with van der Waals surface area (Å²) in [6, 6.07) is 3.79. The molecule has 1 N–H and O–H groups in total. The normalized spacial score (nSPS) is 24.2. The summed E-state index contributed by atoms with van der Waals surface area (Å²) in [5, 5.41) is 4.22. The second-order valence-electron chi connectivity index (χ2n) is 4.97. The van der Waals surface area contributed by atoms with Gasteiger partial charge in [0.1, 0.15) is 0 Å². The molecule has 0 saturated carbocycles. The van der Waals surface area contributed by atoms with Crippen molar-refractivity contribution >= 4 is 21.6 Å². The maximum atomic E-state index is 12.7. The van der Waals surface area contributed by atoms with Crippen molar-refractivity contribution in [3.63, 3.8) is 0 Å². The summed E-state index contributed by atoms with van der Waals surface area (Å²) in [7, 11) is 0. The van der Waals surface area contributed by atoms with Crippen molar-refractivity contribution < 1.29 is 13.2 Å². The highest BCUT2D eigenvalue weighted by molar-refractivity contribution is 7.18. The quantitative estimate of drug-likeness (QED) is 0.865. The van der Waals surface area contributed by atoms with Gasteiger partial charge in [0.2, 0.25) is 0 Å². The molecule has 102 valence electrons. The van der Waals surface area contributed by atoms with E-state index < -0.39 is 11.7 Å². The van der Waals surface area contributed by atoms with E-state index in [4.69, 9.17) is 0 Å². The second-order valence-corrected chi connectivity index (χ2v) is 6.04. The van der Waals surface area contributed by atoms with Crippen molar-refractivity contribution in [3.8, 4) is 0 Å². The summed E-state index contributed by atoms with van der Waals surface area (Å²) in [6.45, 7) is 3.93. The molecular formula is C13H13F3N2S. The average molecular weight is 286 g/mol. The molecule has 0 radical (unpaired) electrons. The van der Waals surface area contributed by atoms with Crippen LogP contribution in [0.1, 0.15) is 23.4 Å². The van der Waals surface area contributed by atoms with Crippen LogP contribution in [0.3, 0.4) is 0 Å². The van der Waals surface area contributed by atoms with Gasteiger partial charge in [0.15, 0.2) is 0 Å². The number of alkyl halides is 3. The van der Waals surface area contributed by atoms with Gasteiger partial charge in [-0.15, -0.1) is 11.3 Å². The third-order valence-corrected chi connectivity index (χ3v) is 4.73. The van der Waals surface area contributed by atoms with Crippen LogP contribution in [0.4, 0.5) is 13.2 Å². The maximum absolute atomic E-state index is 12.7. The number of benzene rings is 1. The van der Waals surface area contributed by atoms with Gasteiger partial charge in [-0.05, 0) is 30.7 Å². The first-order chi connectivity index (χ1) is 8.95. The molecule has 2 heterocycles. The maximum Gasteiger partial charge on any atom is 0.416 e. The van der Waals surface area contributed by atoms with Crippen molar-refractivity contribution in [2.75, 3.05) is 13.1 Å². The van der Waals surface area contributed by atoms with Crippen LogP contribution in [-0.4, -0.2) is 18.1 Å². The van der Waals surface area contributed by atoms with Crippen LogP contribution in [0.2, 0.25) is 0 Å². The van der Waals surface area contributed by atoms with E-state index in [1.807, 2.05) is 0 Å². The molecule has 6 heteroatoms. The highest BCUT2D eigenvalue weighted by Crippen LogP contribution is 2.36. The average Bonchev–Trinajstić information content (AvgIpc) is 2.91. The number of rotatable bonds is 1. The van der Waals surface area contributed by atoms with Crippen molar-refractivity contribution in [2.45, 2.75) is 19.0 Å². The molecular weight excluding hydrogens is 273 g/mol. The Hall–Kier alpha value is -1.14. The molecule has 0 amide bonds. The Balaban J connectivity index is 2.01. The fourth-order valence-corrected chi connectivity index (χ4v) is 3.60. The van der Waals surface area contributed by atoms with Crippen LogP contribution in [0.25, 0.3) is 10.2 Å². The molecule has 0 spiro atoms. The van der Waals surface area contributed by atoms with E-state index in [1.54, 1.807) is 0 Å². The van der Waals surface area contributed by atoms with E-state index in [2.05, 4.69) is 17.2 Å². The monoisotopic (exact) mass is 286 g/mol. The molecule has 1 aliphatic rings. The van der Waals surface area contributed by atoms with E-state index in [1.165, 1.54) is 17.4 Å². The van der Waals surface area contributed by atoms with Crippen LogP contribution in [-0.2, 0) is 6.18 Å². The van der Waals surface area contributed by atoms with Gasteiger partial charge in [-0.25, -0.2) is 4.98 Å². The molecule has 1 fully saturated rings. The van der Waals surface area contributed by atoms with Crippen LogP contribution in [0, 0.1) is 5.92 Å². The fraction of sp³-hybridized carbons (Fsp3) is 0.462. The Labute approximate surface area is 112 Å². The first kappa shape index (κ1) is 12.9. The lowest BCUT2D eigenvalue weighted by molar-refractivity contribution is -0.137. The largest absolute Gasteiger partial charge is 0.416 e. The highest BCUT2D eigenvalue weighted by Gasteiger charge is 2.31. The number of nitrogens with zero attached hydrogens (tertiary/aromatic N) is 1. The summed E-state index contributed by atoms with van der Waals surface area (Å²) >= 11 is 1.50. The minimum atomic E-state index is -4.31. The van der Waals surface area contributed by atoms with E-state index in [9.17, 15) is 13.2 Å². The molecule has 1 aromatic heterocycles. The number of nitrogens with one attached hydrogen (secondary N) is 1. The van der Waals surface area contributed by atoms with Gasteiger partial charge in [-0.2, -0.15) is 13.2 Å². The molecule has 2 atom stereocenters. The Morgan fingerprint density at radius 3 is 2.74 bits per heavy atom. The lowest BCUT2D eigenvalue weighted by Crippen LogP contribution is -2.07. The first-order valence-electron chi connectivity index (χ1n) is 6.13. The predicted octanol–water partition coefficient (Wildman–Crippen LogP) is 3.64. The van der Waals surface area contributed by atoms with E-state index >= 15 is 0 Å². The molecule has 1 aliphatic heterocycles. The summed E-state index contributed by atoms with van der Waals surface area (Å²) in [5.41, 5.74) is -0.177. The predicted molar refractivity (Wildman–Crippen MR) is 69.4 cm³/mol. The van der Waals surface area contributed by atoms with E-state index in [0.717, 1.165) is 34.9 Å². The van der Waals surface area contributed by atoms with Crippen molar-refractivity contribution in [1.82, 2.24) is 10.3 Å². The highest BCUT2D eigenvalue weighted by atomic mass is 32.1. The van der Waals surface area contributed by atoms with Crippen molar-refractivity contribution in [2.24, 2.45) is 5.92 Å². The smallest absolute Gasteiger partial charge is 0.316 e. The molecule has 2 unspecified atom stereocenters. The van der Waals surface area contributed by atoms with Crippen molar-refractivity contribution in [1.29, 1.82) is 0 Å². The lowest BCUT2D eigenvalue weighted by Gasteiger charge is -2.09. The van der Waals surface area contributed by atoms with Gasteiger partial charge < -0.3 is 5.32 Å². The first-order valence-corrected chi connectivity index (χ1v) is 6.95. The molecule has 0 bridgehead atoms. The molecule has 3 rings (SSSR count). The zero-order valence-corrected chi connectivity index (χ0v) is 11.1. The summed E-state index contributed by atoms with van der Waals surface area (Å²) < 4.78 is 38.8. The number of hydrogen-bond donors (Lipinski definition) is 1. The molecule has 0 aliphatic carbocycles. The third kappa shape index (κ3) is 2.34. The molecule has 1 aromatic carbocycles. The third-order valence-electron chi connectivity index (χ3n) is 3.57. The molecule has 2 nitrogen and oxygen atoms in total. The fourth-order valence-electron chi connectivity index (χ4n) is 2.42. The Morgan fingerprint density at radius 2 is 2.11 bits per heavy atom.